The lowest BCUT2D eigenvalue weighted by Crippen LogP contribution is -2.08. The first kappa shape index (κ1) is 13.6. The minimum atomic E-state index is -0.568. The molecule has 0 radical (unpaired) electrons. The number of aliphatic hydroxyl groups is 1. The van der Waals surface area contributed by atoms with Gasteiger partial charge < -0.3 is 9.84 Å². The highest BCUT2D eigenvalue weighted by atomic mass is 16.5. The van der Waals surface area contributed by atoms with Gasteiger partial charge in [0.2, 0.25) is 0 Å². The normalized spacial score (nSPS) is 12.4. The van der Waals surface area contributed by atoms with Crippen molar-refractivity contribution in [2.75, 3.05) is 7.11 Å². The molecule has 0 spiro atoms. The molecule has 1 atom stereocenters. The van der Waals surface area contributed by atoms with Crippen LogP contribution in [0.2, 0.25) is 0 Å². The van der Waals surface area contributed by atoms with Crippen LogP contribution in [0.15, 0.2) is 30.5 Å². The Morgan fingerprint density at radius 2 is 2.11 bits per heavy atom. The summed E-state index contributed by atoms with van der Waals surface area (Å²) in [5, 5.41) is 14.4. The summed E-state index contributed by atoms with van der Waals surface area (Å²) < 4.78 is 6.89. The molecule has 0 aliphatic heterocycles. The molecule has 4 heteroatoms. The smallest absolute Gasteiger partial charge is 0.162 e. The van der Waals surface area contributed by atoms with Crippen molar-refractivity contribution in [2.24, 2.45) is 7.05 Å². The number of benzene rings is 1. The van der Waals surface area contributed by atoms with E-state index in [1.165, 1.54) is 11.1 Å². The van der Waals surface area contributed by atoms with Gasteiger partial charge in [0.05, 0.1) is 19.4 Å². The second kappa shape index (κ2) is 5.89. The molecule has 4 nitrogen and oxygen atoms in total. The van der Waals surface area contributed by atoms with Gasteiger partial charge in [-0.3, -0.25) is 4.68 Å². The molecule has 2 rings (SSSR count). The largest absolute Gasteiger partial charge is 0.493 e. The van der Waals surface area contributed by atoms with E-state index in [0.29, 0.717) is 12.2 Å². The topological polar surface area (TPSA) is 47.3 Å². The molecule has 2 aromatic rings. The van der Waals surface area contributed by atoms with Gasteiger partial charge in [-0.25, -0.2) is 0 Å². The van der Waals surface area contributed by atoms with E-state index >= 15 is 0 Å². The number of nitrogens with zero attached hydrogens (tertiary/aromatic N) is 2. The number of aryl methyl sites for hydroxylation is 3. The van der Waals surface area contributed by atoms with Crippen LogP contribution in [0, 0.1) is 6.92 Å². The zero-order valence-corrected chi connectivity index (χ0v) is 11.6. The molecule has 0 saturated heterocycles. The Kier molecular flexibility index (Phi) is 4.22. The molecule has 0 aliphatic carbocycles. The number of rotatable bonds is 5. The maximum Gasteiger partial charge on any atom is 0.162 e. The van der Waals surface area contributed by atoms with Gasteiger partial charge >= 0.3 is 0 Å². The van der Waals surface area contributed by atoms with Gasteiger partial charge in [0.25, 0.3) is 0 Å². The highest BCUT2D eigenvalue weighted by Gasteiger charge is 2.18. The van der Waals surface area contributed by atoms with Gasteiger partial charge in [-0.05, 0) is 30.9 Å². The first-order valence-corrected chi connectivity index (χ1v) is 6.42. The summed E-state index contributed by atoms with van der Waals surface area (Å²) in [5.41, 5.74) is 3.26. The van der Waals surface area contributed by atoms with Gasteiger partial charge in [0, 0.05) is 7.05 Å². The Bertz CT molecular complexity index is 549. The van der Waals surface area contributed by atoms with Crippen LogP contribution in [-0.2, 0) is 13.5 Å². The standard InChI is InChI=1S/C15H20N2O2/c1-11-6-4-5-7-12(11)8-9-13(18)15-14(19-3)10-16-17(15)2/h4-7,10,13,18H,8-9H2,1-3H3. The second-order valence-electron chi connectivity index (χ2n) is 4.70. The third-order valence-electron chi connectivity index (χ3n) is 3.43. The van der Waals surface area contributed by atoms with E-state index in [1.54, 1.807) is 18.0 Å². The molecule has 0 bridgehead atoms. The Labute approximate surface area is 113 Å². The highest BCUT2D eigenvalue weighted by molar-refractivity contribution is 5.28. The predicted octanol–water partition coefficient (Wildman–Crippen LogP) is 2.40. The van der Waals surface area contributed by atoms with Crippen molar-refractivity contribution in [2.45, 2.75) is 25.9 Å². The zero-order valence-electron chi connectivity index (χ0n) is 11.6. The van der Waals surface area contributed by atoms with Crippen molar-refractivity contribution in [3.63, 3.8) is 0 Å². The van der Waals surface area contributed by atoms with Crippen molar-refractivity contribution in [3.05, 3.63) is 47.3 Å². The van der Waals surface area contributed by atoms with E-state index in [0.717, 1.165) is 12.1 Å². The van der Waals surface area contributed by atoms with Crippen molar-refractivity contribution in [1.82, 2.24) is 9.78 Å². The van der Waals surface area contributed by atoms with Crippen molar-refractivity contribution >= 4 is 0 Å². The number of methoxy groups -OCH3 is 1. The molecule has 1 aromatic carbocycles. The van der Waals surface area contributed by atoms with Crippen LogP contribution in [0.3, 0.4) is 0 Å². The van der Waals surface area contributed by atoms with E-state index in [-0.39, 0.29) is 0 Å². The summed E-state index contributed by atoms with van der Waals surface area (Å²) in [6.45, 7) is 2.09. The first-order valence-electron chi connectivity index (χ1n) is 6.42. The van der Waals surface area contributed by atoms with E-state index in [4.69, 9.17) is 4.74 Å². The average Bonchev–Trinajstić information content (AvgIpc) is 2.78. The fourth-order valence-corrected chi connectivity index (χ4v) is 2.28. The minimum Gasteiger partial charge on any atom is -0.493 e. The van der Waals surface area contributed by atoms with Crippen LogP contribution in [0.1, 0.15) is 29.3 Å². The van der Waals surface area contributed by atoms with Gasteiger partial charge in [0.15, 0.2) is 5.75 Å². The lowest BCUT2D eigenvalue weighted by atomic mass is 10.0. The molecule has 1 unspecified atom stereocenters. The quantitative estimate of drug-likeness (QED) is 0.898. The molecule has 1 aromatic heterocycles. The number of ether oxygens (including phenoxy) is 1. The van der Waals surface area contributed by atoms with Crippen molar-refractivity contribution < 1.29 is 9.84 Å². The molecule has 0 fully saturated rings. The SMILES string of the molecule is COc1cnn(C)c1C(O)CCc1ccccc1C. The molecule has 1 N–H and O–H groups in total. The van der Waals surface area contributed by atoms with Gasteiger partial charge in [-0.1, -0.05) is 24.3 Å². The van der Waals surface area contributed by atoms with Gasteiger partial charge in [-0.2, -0.15) is 5.10 Å². The average molecular weight is 260 g/mol. The summed E-state index contributed by atoms with van der Waals surface area (Å²) in [5.74, 6) is 0.639. The van der Waals surface area contributed by atoms with Crippen LogP contribution in [0.4, 0.5) is 0 Å². The summed E-state index contributed by atoms with van der Waals surface area (Å²) in [7, 11) is 3.41. The Morgan fingerprint density at radius 3 is 2.79 bits per heavy atom. The van der Waals surface area contributed by atoms with E-state index < -0.39 is 6.10 Å². The number of aliphatic hydroxyl groups excluding tert-OH is 1. The number of hydrogen-bond donors (Lipinski definition) is 1. The first-order chi connectivity index (χ1) is 9.13. The second-order valence-corrected chi connectivity index (χ2v) is 4.70. The van der Waals surface area contributed by atoms with Crippen LogP contribution in [0.5, 0.6) is 5.75 Å². The monoisotopic (exact) mass is 260 g/mol. The molecular formula is C15H20N2O2. The van der Waals surface area contributed by atoms with Crippen LogP contribution in [0.25, 0.3) is 0 Å². The number of aromatic nitrogens is 2. The van der Waals surface area contributed by atoms with E-state index in [9.17, 15) is 5.11 Å². The lowest BCUT2D eigenvalue weighted by Gasteiger charge is -2.13. The summed E-state index contributed by atoms with van der Waals surface area (Å²) in [6, 6.07) is 8.24. The van der Waals surface area contributed by atoms with Crippen LogP contribution in [-0.4, -0.2) is 22.0 Å². The molecule has 1 heterocycles. The maximum atomic E-state index is 10.3. The predicted molar refractivity (Wildman–Crippen MR) is 74.2 cm³/mol. The fraction of sp³-hybridized carbons (Fsp3) is 0.400. The summed E-state index contributed by atoms with van der Waals surface area (Å²) in [6.07, 6.45) is 2.55. The molecule has 102 valence electrons. The lowest BCUT2D eigenvalue weighted by molar-refractivity contribution is 0.154. The minimum absolute atomic E-state index is 0.568. The Morgan fingerprint density at radius 1 is 1.37 bits per heavy atom. The van der Waals surface area contributed by atoms with Gasteiger partial charge in [0.1, 0.15) is 5.69 Å². The van der Waals surface area contributed by atoms with Crippen molar-refractivity contribution in [3.8, 4) is 5.75 Å². The van der Waals surface area contributed by atoms with Crippen molar-refractivity contribution in [1.29, 1.82) is 0 Å². The number of hydrogen-bond acceptors (Lipinski definition) is 3. The zero-order chi connectivity index (χ0) is 13.8. The molecule has 19 heavy (non-hydrogen) atoms. The summed E-state index contributed by atoms with van der Waals surface area (Å²) >= 11 is 0. The highest BCUT2D eigenvalue weighted by Crippen LogP contribution is 2.27. The molecule has 0 amide bonds. The van der Waals surface area contributed by atoms with Crippen LogP contribution >= 0.6 is 0 Å². The maximum absolute atomic E-state index is 10.3. The van der Waals surface area contributed by atoms with Crippen LogP contribution < -0.4 is 4.74 Å². The fourth-order valence-electron chi connectivity index (χ4n) is 2.28. The molecule has 0 saturated carbocycles. The Hall–Kier alpha value is -1.81. The summed E-state index contributed by atoms with van der Waals surface area (Å²) in [4.78, 5) is 0. The third kappa shape index (κ3) is 2.96. The molecule has 0 aliphatic rings. The molecular weight excluding hydrogens is 240 g/mol. The van der Waals surface area contributed by atoms with Gasteiger partial charge in [-0.15, -0.1) is 0 Å². The third-order valence-corrected chi connectivity index (χ3v) is 3.43. The van der Waals surface area contributed by atoms with E-state index in [1.807, 2.05) is 19.2 Å². The Balaban J connectivity index is 2.07. The van der Waals surface area contributed by atoms with E-state index in [2.05, 4.69) is 24.2 Å².